The molecule has 0 radical (unpaired) electrons. The molecule has 2 atom stereocenters. The lowest BCUT2D eigenvalue weighted by Gasteiger charge is -2.21. The van der Waals surface area contributed by atoms with Crippen molar-refractivity contribution >= 4 is 0 Å². The van der Waals surface area contributed by atoms with Crippen molar-refractivity contribution in [2.75, 3.05) is 13.2 Å². The Labute approximate surface area is 80.6 Å². The minimum atomic E-state index is -0.296. The summed E-state index contributed by atoms with van der Waals surface area (Å²) >= 11 is 0. The van der Waals surface area contributed by atoms with E-state index >= 15 is 0 Å². The van der Waals surface area contributed by atoms with Crippen LogP contribution in [-0.2, 0) is 4.74 Å². The van der Waals surface area contributed by atoms with Gasteiger partial charge in [-0.15, -0.1) is 6.58 Å². The van der Waals surface area contributed by atoms with Gasteiger partial charge in [0.05, 0.1) is 18.8 Å². The van der Waals surface area contributed by atoms with E-state index in [1.54, 1.807) is 6.08 Å². The molecular weight excluding hydrogens is 166 g/mol. The maximum Gasteiger partial charge on any atom is 0.0782 e. The summed E-state index contributed by atoms with van der Waals surface area (Å²) in [7, 11) is 0. The highest BCUT2D eigenvalue weighted by atomic mass is 16.5. The number of hydrogen-bond donors (Lipinski definition) is 2. The molecule has 78 valence electrons. The molecule has 0 spiro atoms. The van der Waals surface area contributed by atoms with Crippen LogP contribution in [0.25, 0.3) is 0 Å². The number of aliphatic hydroxyl groups excluding tert-OH is 1. The molecule has 3 N–H and O–H groups in total. The van der Waals surface area contributed by atoms with Crippen LogP contribution in [0.2, 0.25) is 0 Å². The van der Waals surface area contributed by atoms with Gasteiger partial charge < -0.3 is 15.6 Å². The monoisotopic (exact) mass is 187 g/mol. The van der Waals surface area contributed by atoms with Gasteiger partial charge in [0, 0.05) is 6.61 Å². The van der Waals surface area contributed by atoms with E-state index < -0.39 is 0 Å². The second-order valence-corrected chi connectivity index (χ2v) is 3.13. The van der Waals surface area contributed by atoms with Crippen molar-refractivity contribution < 1.29 is 9.84 Å². The Bertz CT molecular complexity index is 128. The van der Waals surface area contributed by atoms with Crippen LogP contribution in [0.4, 0.5) is 0 Å². The molecule has 3 nitrogen and oxygen atoms in total. The first kappa shape index (κ1) is 12.6. The summed E-state index contributed by atoms with van der Waals surface area (Å²) in [5, 5.41) is 8.85. The van der Waals surface area contributed by atoms with Gasteiger partial charge in [0.2, 0.25) is 0 Å². The van der Waals surface area contributed by atoms with Crippen molar-refractivity contribution in [2.45, 2.75) is 38.3 Å². The molecule has 0 aromatic heterocycles. The van der Waals surface area contributed by atoms with E-state index in [2.05, 4.69) is 13.5 Å². The number of ether oxygens (including phenoxy) is 1. The van der Waals surface area contributed by atoms with Crippen molar-refractivity contribution in [2.24, 2.45) is 5.73 Å². The Morgan fingerprint density at radius 3 is 2.77 bits per heavy atom. The third kappa shape index (κ3) is 5.80. The lowest BCUT2D eigenvalue weighted by atomic mass is 10.1. The highest BCUT2D eigenvalue weighted by Gasteiger charge is 2.15. The van der Waals surface area contributed by atoms with E-state index in [1.807, 2.05) is 0 Å². The molecule has 3 heteroatoms. The van der Waals surface area contributed by atoms with Crippen molar-refractivity contribution in [3.8, 4) is 0 Å². The summed E-state index contributed by atoms with van der Waals surface area (Å²) in [5.74, 6) is 0. The summed E-state index contributed by atoms with van der Waals surface area (Å²) in [6.07, 6.45) is 4.52. The van der Waals surface area contributed by atoms with E-state index in [1.165, 1.54) is 0 Å². The first-order valence-corrected chi connectivity index (χ1v) is 4.85. The Hall–Kier alpha value is -0.380. The number of hydrogen-bond acceptors (Lipinski definition) is 3. The van der Waals surface area contributed by atoms with Gasteiger partial charge in [-0.3, -0.25) is 0 Å². The first-order chi connectivity index (χ1) is 6.26. The van der Waals surface area contributed by atoms with Crippen LogP contribution >= 0.6 is 0 Å². The highest BCUT2D eigenvalue weighted by molar-refractivity contribution is 4.81. The molecular formula is C10H21NO2. The fourth-order valence-corrected chi connectivity index (χ4v) is 1.03. The van der Waals surface area contributed by atoms with Gasteiger partial charge in [0.1, 0.15) is 0 Å². The Balaban J connectivity index is 3.72. The standard InChI is InChI=1S/C10H21NO2/c1-3-5-7-13-10(6-4-2)9(11)8-12/h4,9-10,12H,2-3,5-8,11H2,1H3/t9-,10+/m0/s1. The zero-order valence-electron chi connectivity index (χ0n) is 8.41. The molecule has 0 amide bonds. The maximum absolute atomic E-state index is 8.85. The van der Waals surface area contributed by atoms with Crippen molar-refractivity contribution in [3.63, 3.8) is 0 Å². The highest BCUT2D eigenvalue weighted by Crippen LogP contribution is 2.04. The van der Waals surface area contributed by atoms with Crippen LogP contribution in [-0.4, -0.2) is 30.5 Å². The molecule has 13 heavy (non-hydrogen) atoms. The first-order valence-electron chi connectivity index (χ1n) is 4.85. The summed E-state index contributed by atoms with van der Waals surface area (Å²) in [4.78, 5) is 0. The average molecular weight is 187 g/mol. The second-order valence-electron chi connectivity index (χ2n) is 3.13. The minimum Gasteiger partial charge on any atom is -0.395 e. The molecule has 0 bridgehead atoms. The molecule has 0 fully saturated rings. The van der Waals surface area contributed by atoms with Crippen molar-refractivity contribution in [3.05, 3.63) is 12.7 Å². The van der Waals surface area contributed by atoms with Gasteiger partial charge in [-0.1, -0.05) is 19.4 Å². The predicted octanol–water partition coefficient (Wildman–Crippen LogP) is 1.07. The number of rotatable bonds is 8. The molecule has 0 aliphatic carbocycles. The summed E-state index contributed by atoms with van der Waals surface area (Å²) in [5.41, 5.74) is 5.66. The lowest BCUT2D eigenvalue weighted by molar-refractivity contribution is 0.0220. The van der Waals surface area contributed by atoms with Crippen molar-refractivity contribution in [1.82, 2.24) is 0 Å². The fraction of sp³-hybridized carbons (Fsp3) is 0.800. The average Bonchev–Trinajstić information content (AvgIpc) is 2.16. The number of unbranched alkanes of at least 4 members (excludes halogenated alkanes) is 1. The topological polar surface area (TPSA) is 55.5 Å². The van der Waals surface area contributed by atoms with Crippen LogP contribution in [0.15, 0.2) is 12.7 Å². The van der Waals surface area contributed by atoms with E-state index in [4.69, 9.17) is 15.6 Å². The Morgan fingerprint density at radius 2 is 2.31 bits per heavy atom. The molecule has 0 aliphatic rings. The van der Waals surface area contributed by atoms with Crippen molar-refractivity contribution in [1.29, 1.82) is 0 Å². The number of nitrogens with two attached hydrogens (primary N) is 1. The SMILES string of the molecule is C=CC[C@@H](OCCCC)[C@@H](N)CO. The maximum atomic E-state index is 8.85. The Morgan fingerprint density at radius 1 is 1.62 bits per heavy atom. The molecule has 0 unspecified atom stereocenters. The lowest BCUT2D eigenvalue weighted by Crippen LogP contribution is -2.39. The molecule has 0 rings (SSSR count). The quantitative estimate of drug-likeness (QED) is 0.441. The number of aliphatic hydroxyl groups is 1. The van der Waals surface area contributed by atoms with E-state index in [0.717, 1.165) is 12.8 Å². The van der Waals surface area contributed by atoms with Gasteiger partial charge in [-0.2, -0.15) is 0 Å². The second kappa shape index (κ2) is 8.23. The van der Waals surface area contributed by atoms with Crippen LogP contribution in [0.1, 0.15) is 26.2 Å². The van der Waals surface area contributed by atoms with E-state index in [0.29, 0.717) is 13.0 Å². The van der Waals surface area contributed by atoms with Gasteiger partial charge in [-0.05, 0) is 12.8 Å². The molecule has 0 saturated heterocycles. The zero-order chi connectivity index (χ0) is 10.1. The summed E-state index contributed by atoms with van der Waals surface area (Å²) in [6, 6.07) is -0.296. The molecule has 0 aliphatic heterocycles. The molecule has 0 saturated carbocycles. The van der Waals surface area contributed by atoms with Crippen LogP contribution in [0, 0.1) is 0 Å². The van der Waals surface area contributed by atoms with E-state index in [-0.39, 0.29) is 18.8 Å². The van der Waals surface area contributed by atoms with E-state index in [9.17, 15) is 0 Å². The van der Waals surface area contributed by atoms with Gasteiger partial charge in [0.15, 0.2) is 0 Å². The van der Waals surface area contributed by atoms with Crippen LogP contribution in [0.3, 0.4) is 0 Å². The predicted molar refractivity (Wildman–Crippen MR) is 54.5 cm³/mol. The van der Waals surface area contributed by atoms with Gasteiger partial charge in [-0.25, -0.2) is 0 Å². The van der Waals surface area contributed by atoms with Gasteiger partial charge in [0.25, 0.3) is 0 Å². The molecule has 0 aromatic rings. The zero-order valence-corrected chi connectivity index (χ0v) is 8.41. The summed E-state index contributed by atoms with van der Waals surface area (Å²) in [6.45, 7) is 6.41. The normalized spacial score (nSPS) is 15.3. The van der Waals surface area contributed by atoms with Crippen LogP contribution in [0.5, 0.6) is 0 Å². The third-order valence-electron chi connectivity index (χ3n) is 1.92. The molecule has 0 aromatic carbocycles. The Kier molecular flexibility index (Phi) is 7.99. The smallest absolute Gasteiger partial charge is 0.0782 e. The summed E-state index contributed by atoms with van der Waals surface area (Å²) < 4.78 is 5.52. The van der Waals surface area contributed by atoms with Crippen LogP contribution < -0.4 is 5.73 Å². The fourth-order valence-electron chi connectivity index (χ4n) is 1.03. The van der Waals surface area contributed by atoms with Gasteiger partial charge >= 0.3 is 0 Å². The largest absolute Gasteiger partial charge is 0.395 e. The minimum absolute atomic E-state index is 0.0371. The molecule has 0 heterocycles. The third-order valence-corrected chi connectivity index (χ3v) is 1.92.